The number of pyridine rings is 1. The summed E-state index contributed by atoms with van der Waals surface area (Å²) in [5, 5.41) is 22.2. The average Bonchev–Trinajstić information content (AvgIpc) is 3.43. The minimum absolute atomic E-state index is 0.0527. The Labute approximate surface area is 169 Å². The fraction of sp³-hybridized carbons (Fsp3) is 0.316. The second-order valence-electron chi connectivity index (χ2n) is 7.67. The molecule has 154 valence electrons. The molecule has 0 radical (unpaired) electrons. The highest BCUT2D eigenvalue weighted by molar-refractivity contribution is 5.90. The smallest absolute Gasteiger partial charge is 0.312 e. The van der Waals surface area contributed by atoms with Crippen molar-refractivity contribution in [1.29, 1.82) is 0 Å². The molecule has 0 saturated heterocycles. The van der Waals surface area contributed by atoms with Crippen LogP contribution in [0.1, 0.15) is 53.5 Å². The maximum Gasteiger partial charge on any atom is 0.312 e. The van der Waals surface area contributed by atoms with E-state index in [2.05, 4.69) is 25.3 Å². The molecule has 1 atom stereocenters. The summed E-state index contributed by atoms with van der Waals surface area (Å²) in [4.78, 5) is 22.3. The first-order chi connectivity index (χ1) is 14.3. The first kappa shape index (κ1) is 18.4. The molecule has 11 heteroatoms. The minimum Gasteiger partial charge on any atom is -0.414 e. The number of fused-ring (bicyclic) bond motifs is 2. The Bertz CT molecular complexity index is 1250. The summed E-state index contributed by atoms with van der Waals surface area (Å²) in [7, 11) is 0. The Hall–Kier alpha value is -3.60. The quantitative estimate of drug-likeness (QED) is 0.524. The summed E-state index contributed by atoms with van der Waals surface area (Å²) in [5.41, 5.74) is 1.27. The summed E-state index contributed by atoms with van der Waals surface area (Å²) >= 11 is 0. The zero-order chi connectivity index (χ0) is 21.0. The molecular weight excluding hydrogens is 393 g/mol. The van der Waals surface area contributed by atoms with E-state index >= 15 is 0 Å². The molecule has 1 amide bonds. The van der Waals surface area contributed by atoms with Crippen LogP contribution >= 0.6 is 0 Å². The molecule has 4 aromatic heterocycles. The van der Waals surface area contributed by atoms with E-state index in [0.29, 0.717) is 29.9 Å². The zero-order valence-electron chi connectivity index (χ0n) is 16.2. The van der Waals surface area contributed by atoms with Crippen LogP contribution < -0.4 is 0 Å². The molecule has 1 aliphatic rings. The van der Waals surface area contributed by atoms with Gasteiger partial charge in [0.2, 0.25) is 5.89 Å². The van der Waals surface area contributed by atoms with E-state index in [1.165, 1.54) is 32.2 Å². The van der Waals surface area contributed by atoms with Gasteiger partial charge in [-0.15, -0.1) is 10.2 Å². The molecule has 1 aliphatic heterocycles. The Morgan fingerprint density at radius 1 is 1.37 bits per heavy atom. The molecule has 30 heavy (non-hydrogen) atoms. The van der Waals surface area contributed by atoms with Crippen LogP contribution in [0.4, 0.5) is 4.39 Å². The third kappa shape index (κ3) is 2.94. The third-order valence-corrected chi connectivity index (χ3v) is 5.04. The first-order valence-electron chi connectivity index (χ1n) is 9.35. The summed E-state index contributed by atoms with van der Waals surface area (Å²) in [6, 6.07) is 3.77. The lowest BCUT2D eigenvalue weighted by atomic mass is 9.99. The van der Waals surface area contributed by atoms with Crippen LogP contribution in [-0.4, -0.2) is 52.2 Å². The summed E-state index contributed by atoms with van der Waals surface area (Å²) in [5.74, 6) is -1.16. The number of H-pyrrole nitrogens is 1. The van der Waals surface area contributed by atoms with Gasteiger partial charge in [0.25, 0.3) is 0 Å². The van der Waals surface area contributed by atoms with Crippen molar-refractivity contribution < 1.29 is 18.7 Å². The van der Waals surface area contributed by atoms with Crippen LogP contribution in [0.5, 0.6) is 0 Å². The molecule has 0 aliphatic carbocycles. The maximum atomic E-state index is 13.6. The number of aliphatic hydroxyl groups is 1. The Morgan fingerprint density at radius 3 is 2.97 bits per heavy atom. The molecular formula is C19H18FN7O3. The fourth-order valence-corrected chi connectivity index (χ4v) is 3.60. The van der Waals surface area contributed by atoms with Gasteiger partial charge in [0, 0.05) is 24.9 Å². The van der Waals surface area contributed by atoms with Crippen LogP contribution in [0.15, 0.2) is 35.1 Å². The van der Waals surface area contributed by atoms with E-state index in [4.69, 9.17) is 4.42 Å². The Balaban J connectivity index is 1.58. The topological polar surface area (TPSA) is 125 Å². The highest BCUT2D eigenvalue weighted by Crippen LogP contribution is 2.34. The molecule has 5 rings (SSSR count). The fourth-order valence-electron chi connectivity index (χ4n) is 3.60. The number of nitrogens with one attached hydrogen (secondary N) is 1. The molecule has 0 aromatic carbocycles. The Morgan fingerprint density at radius 2 is 2.20 bits per heavy atom. The van der Waals surface area contributed by atoms with Gasteiger partial charge in [-0.1, -0.05) is 0 Å². The average molecular weight is 411 g/mol. The lowest BCUT2D eigenvalue weighted by molar-refractivity contribution is 0.0440. The van der Waals surface area contributed by atoms with Gasteiger partial charge in [-0.25, -0.2) is 13.9 Å². The number of aromatic nitrogens is 6. The Kier molecular flexibility index (Phi) is 3.97. The van der Waals surface area contributed by atoms with E-state index in [-0.39, 0.29) is 17.6 Å². The largest absolute Gasteiger partial charge is 0.414 e. The van der Waals surface area contributed by atoms with Crippen molar-refractivity contribution in [1.82, 2.24) is 34.7 Å². The number of hydrogen-bond donors (Lipinski definition) is 2. The van der Waals surface area contributed by atoms with Crippen molar-refractivity contribution in [3.05, 3.63) is 65.4 Å². The van der Waals surface area contributed by atoms with Gasteiger partial charge in [-0.2, -0.15) is 5.10 Å². The van der Waals surface area contributed by atoms with Crippen molar-refractivity contribution in [3.63, 3.8) is 0 Å². The van der Waals surface area contributed by atoms with Crippen molar-refractivity contribution >= 4 is 11.4 Å². The van der Waals surface area contributed by atoms with Gasteiger partial charge >= 0.3 is 11.8 Å². The molecule has 0 spiro atoms. The minimum atomic E-state index is -1.37. The van der Waals surface area contributed by atoms with Crippen molar-refractivity contribution in [3.8, 4) is 0 Å². The van der Waals surface area contributed by atoms with Gasteiger partial charge in [0.05, 0.1) is 23.2 Å². The number of halogens is 1. The molecule has 5 heterocycles. The number of carbonyl (C=O) groups is 1. The number of nitrogens with zero attached hydrogens (tertiary/aromatic N) is 6. The predicted octanol–water partition coefficient (Wildman–Crippen LogP) is 1.59. The highest BCUT2D eigenvalue weighted by Gasteiger charge is 2.38. The van der Waals surface area contributed by atoms with Gasteiger partial charge < -0.3 is 19.4 Å². The lowest BCUT2D eigenvalue weighted by Crippen LogP contribution is -2.41. The van der Waals surface area contributed by atoms with Crippen LogP contribution in [0.2, 0.25) is 0 Å². The number of carbonyl (C=O) groups excluding carboxylic acids is 1. The van der Waals surface area contributed by atoms with E-state index < -0.39 is 17.6 Å². The first-order valence-corrected chi connectivity index (χ1v) is 9.35. The summed E-state index contributed by atoms with van der Waals surface area (Å²) in [6.45, 7) is 3.34. The van der Waals surface area contributed by atoms with Crippen LogP contribution in [-0.2, 0) is 12.0 Å². The van der Waals surface area contributed by atoms with Crippen LogP contribution in [0.25, 0.3) is 5.52 Å². The monoisotopic (exact) mass is 411 g/mol. The number of imidazole rings is 1. The SMILES string of the molecule is CC(C)(O)c1nnc(C(=O)N2CCc3[nH]cnc3C2c2cc3cc(F)ccn3n2)o1. The predicted molar refractivity (Wildman–Crippen MR) is 99.9 cm³/mol. The van der Waals surface area contributed by atoms with Gasteiger partial charge in [0.15, 0.2) is 0 Å². The van der Waals surface area contributed by atoms with E-state index in [1.807, 2.05) is 0 Å². The number of amides is 1. The third-order valence-electron chi connectivity index (χ3n) is 5.04. The lowest BCUT2D eigenvalue weighted by Gasteiger charge is -2.32. The van der Waals surface area contributed by atoms with Gasteiger partial charge in [-0.3, -0.25) is 4.79 Å². The normalized spacial score (nSPS) is 16.8. The van der Waals surface area contributed by atoms with Gasteiger partial charge in [-0.05, 0) is 32.0 Å². The van der Waals surface area contributed by atoms with Gasteiger partial charge in [0.1, 0.15) is 17.5 Å². The van der Waals surface area contributed by atoms with Crippen molar-refractivity contribution in [2.45, 2.75) is 31.9 Å². The molecule has 0 saturated carbocycles. The molecule has 0 bridgehead atoms. The summed E-state index contributed by atoms with van der Waals surface area (Å²) in [6.07, 6.45) is 3.65. The second-order valence-corrected chi connectivity index (χ2v) is 7.67. The maximum absolute atomic E-state index is 13.6. The van der Waals surface area contributed by atoms with E-state index in [0.717, 1.165) is 5.69 Å². The standard InChI is InChI=1S/C19H18FN7O3/c1-19(2,29)18-24-23-16(30-18)17(28)26-5-4-12-14(22-9-21-12)15(26)13-8-11-7-10(20)3-6-27(11)25-13/h3,6-9,15,29H,4-5H2,1-2H3,(H,21,22). The van der Waals surface area contributed by atoms with E-state index in [1.54, 1.807) is 21.8 Å². The number of hydrogen-bond acceptors (Lipinski definition) is 7. The second kappa shape index (κ2) is 6.46. The molecule has 2 N–H and O–H groups in total. The zero-order valence-corrected chi connectivity index (χ0v) is 16.2. The van der Waals surface area contributed by atoms with Crippen LogP contribution in [0.3, 0.4) is 0 Å². The highest BCUT2D eigenvalue weighted by atomic mass is 19.1. The molecule has 0 fully saturated rings. The molecule has 10 nitrogen and oxygen atoms in total. The van der Waals surface area contributed by atoms with E-state index in [9.17, 15) is 14.3 Å². The number of aromatic amines is 1. The van der Waals surface area contributed by atoms with Crippen molar-refractivity contribution in [2.24, 2.45) is 0 Å². The molecule has 4 aromatic rings. The summed E-state index contributed by atoms with van der Waals surface area (Å²) < 4.78 is 20.6. The van der Waals surface area contributed by atoms with Crippen molar-refractivity contribution in [2.75, 3.05) is 6.54 Å². The number of rotatable bonds is 3. The van der Waals surface area contributed by atoms with Crippen LogP contribution in [0, 0.1) is 5.82 Å². The molecule has 1 unspecified atom stereocenters.